The number of hydrogen-bond acceptors (Lipinski definition) is 3. The van der Waals surface area contributed by atoms with E-state index in [1.165, 1.54) is 0 Å². The van der Waals surface area contributed by atoms with Gasteiger partial charge < -0.3 is 10.8 Å². The van der Waals surface area contributed by atoms with E-state index in [0.29, 0.717) is 24.5 Å². The van der Waals surface area contributed by atoms with Crippen molar-refractivity contribution in [1.29, 1.82) is 0 Å². The molecule has 0 aliphatic heterocycles. The summed E-state index contributed by atoms with van der Waals surface area (Å²) >= 11 is 0. The summed E-state index contributed by atoms with van der Waals surface area (Å²) in [7, 11) is -0.760. The van der Waals surface area contributed by atoms with E-state index >= 15 is 0 Å². The Kier molecular flexibility index (Phi) is 7.23. The Balaban J connectivity index is 3.09. The van der Waals surface area contributed by atoms with Crippen molar-refractivity contribution in [2.24, 2.45) is 5.73 Å². The molecule has 0 amide bonds. The van der Waals surface area contributed by atoms with Gasteiger partial charge in [-0.1, -0.05) is 0 Å². The van der Waals surface area contributed by atoms with Crippen molar-refractivity contribution in [3.8, 4) is 0 Å². The predicted molar refractivity (Wildman–Crippen MR) is 43.3 cm³/mol. The maximum Gasteiger partial charge on any atom is 0.0439 e. The van der Waals surface area contributed by atoms with E-state index in [9.17, 15) is 4.21 Å². The molecule has 0 rings (SSSR count). The molecule has 0 aliphatic carbocycles. The molecule has 0 heterocycles. The summed E-state index contributed by atoms with van der Waals surface area (Å²) in [6, 6.07) is 0. The Morgan fingerprint density at radius 2 is 1.90 bits per heavy atom. The maximum absolute atomic E-state index is 10.9. The minimum absolute atomic E-state index is 0.133. The number of hydrogen-bond donors (Lipinski definition) is 2. The molecule has 1 unspecified atom stereocenters. The fraction of sp³-hybridized carbons (Fsp3) is 1.00. The van der Waals surface area contributed by atoms with E-state index in [1.54, 1.807) is 0 Å². The van der Waals surface area contributed by atoms with E-state index in [4.69, 9.17) is 10.8 Å². The first-order valence-electron chi connectivity index (χ1n) is 3.47. The summed E-state index contributed by atoms with van der Waals surface area (Å²) in [4.78, 5) is 0. The molecule has 3 N–H and O–H groups in total. The van der Waals surface area contributed by atoms with Crippen LogP contribution in [0.4, 0.5) is 0 Å². The van der Waals surface area contributed by atoms with E-state index in [0.717, 1.165) is 6.42 Å². The minimum atomic E-state index is -0.760. The van der Waals surface area contributed by atoms with Crippen LogP contribution in [0.3, 0.4) is 0 Å². The largest absolute Gasteiger partial charge is 0.396 e. The standard InChI is InChI=1S/C6H15NO2S/c7-3-1-5-10(9)6-2-4-8/h8H,1-7H2. The van der Waals surface area contributed by atoms with E-state index < -0.39 is 10.8 Å². The molecular formula is C6H15NO2S. The van der Waals surface area contributed by atoms with Gasteiger partial charge in [-0.25, -0.2) is 0 Å². The molecule has 0 aromatic carbocycles. The predicted octanol–water partition coefficient (Wildman–Crippen LogP) is -0.534. The van der Waals surface area contributed by atoms with Crippen LogP contribution in [0.1, 0.15) is 12.8 Å². The lowest BCUT2D eigenvalue weighted by Crippen LogP contribution is -2.09. The molecule has 10 heavy (non-hydrogen) atoms. The van der Waals surface area contributed by atoms with E-state index in [-0.39, 0.29) is 6.61 Å². The van der Waals surface area contributed by atoms with Gasteiger partial charge in [0.05, 0.1) is 0 Å². The Bertz CT molecular complexity index is 87.7. The summed E-state index contributed by atoms with van der Waals surface area (Å²) in [6.45, 7) is 0.735. The van der Waals surface area contributed by atoms with Crippen LogP contribution in [0.25, 0.3) is 0 Å². The first-order valence-corrected chi connectivity index (χ1v) is 4.96. The van der Waals surface area contributed by atoms with Crippen LogP contribution < -0.4 is 5.73 Å². The van der Waals surface area contributed by atoms with Gasteiger partial charge in [0.1, 0.15) is 0 Å². The monoisotopic (exact) mass is 165 g/mol. The lowest BCUT2D eigenvalue weighted by molar-refractivity contribution is 0.296. The van der Waals surface area contributed by atoms with Crippen molar-refractivity contribution in [3.05, 3.63) is 0 Å². The summed E-state index contributed by atoms with van der Waals surface area (Å²) in [5, 5.41) is 8.38. The molecule has 62 valence electrons. The topological polar surface area (TPSA) is 63.3 Å². The molecule has 3 nitrogen and oxygen atoms in total. The minimum Gasteiger partial charge on any atom is -0.396 e. The molecule has 0 aliphatic rings. The van der Waals surface area contributed by atoms with Crippen molar-refractivity contribution < 1.29 is 9.32 Å². The van der Waals surface area contributed by atoms with Gasteiger partial charge in [0, 0.05) is 28.9 Å². The van der Waals surface area contributed by atoms with Gasteiger partial charge in [0.2, 0.25) is 0 Å². The molecular weight excluding hydrogens is 150 g/mol. The first-order chi connectivity index (χ1) is 4.81. The van der Waals surface area contributed by atoms with Crippen LogP contribution >= 0.6 is 0 Å². The zero-order valence-electron chi connectivity index (χ0n) is 6.08. The lowest BCUT2D eigenvalue weighted by atomic mass is 10.5. The van der Waals surface area contributed by atoms with Crippen molar-refractivity contribution in [1.82, 2.24) is 0 Å². The highest BCUT2D eigenvalue weighted by atomic mass is 32.2. The summed E-state index contributed by atoms with van der Waals surface area (Å²) in [6.07, 6.45) is 1.45. The van der Waals surface area contributed by atoms with Gasteiger partial charge in [0.25, 0.3) is 0 Å². The summed E-state index contributed by atoms with van der Waals surface area (Å²) in [5.74, 6) is 1.28. The highest BCUT2D eigenvalue weighted by Gasteiger charge is 1.96. The first kappa shape index (κ1) is 10.1. The Morgan fingerprint density at radius 3 is 2.40 bits per heavy atom. The van der Waals surface area contributed by atoms with Gasteiger partial charge in [-0.2, -0.15) is 0 Å². The average molecular weight is 165 g/mol. The molecule has 1 atom stereocenters. The summed E-state index contributed by atoms with van der Waals surface area (Å²) < 4.78 is 10.9. The fourth-order valence-corrected chi connectivity index (χ4v) is 1.72. The number of rotatable bonds is 6. The van der Waals surface area contributed by atoms with Crippen molar-refractivity contribution in [2.75, 3.05) is 24.7 Å². The molecule has 0 saturated heterocycles. The van der Waals surface area contributed by atoms with Crippen LogP contribution in [0.2, 0.25) is 0 Å². The maximum atomic E-state index is 10.9. The second-order valence-electron chi connectivity index (χ2n) is 2.07. The molecule has 4 heteroatoms. The van der Waals surface area contributed by atoms with E-state index in [1.807, 2.05) is 0 Å². The lowest BCUT2D eigenvalue weighted by Gasteiger charge is -1.97. The molecule has 0 aromatic heterocycles. The third kappa shape index (κ3) is 6.19. The highest BCUT2D eigenvalue weighted by molar-refractivity contribution is 7.84. The fourth-order valence-electron chi connectivity index (χ4n) is 0.572. The molecule has 0 spiro atoms. The van der Waals surface area contributed by atoms with Crippen LogP contribution in [0.15, 0.2) is 0 Å². The number of nitrogens with two attached hydrogens (primary N) is 1. The van der Waals surface area contributed by atoms with Gasteiger partial charge in [-0.3, -0.25) is 4.21 Å². The van der Waals surface area contributed by atoms with Gasteiger partial charge in [0.15, 0.2) is 0 Å². The van der Waals surface area contributed by atoms with Gasteiger partial charge >= 0.3 is 0 Å². The van der Waals surface area contributed by atoms with Crippen LogP contribution in [0.5, 0.6) is 0 Å². The van der Waals surface area contributed by atoms with E-state index in [2.05, 4.69) is 0 Å². The highest BCUT2D eigenvalue weighted by Crippen LogP contribution is 1.89. The van der Waals surface area contributed by atoms with Crippen LogP contribution in [-0.2, 0) is 10.8 Å². The molecule has 0 fully saturated rings. The van der Waals surface area contributed by atoms with Gasteiger partial charge in [-0.15, -0.1) is 0 Å². The van der Waals surface area contributed by atoms with Crippen LogP contribution in [-0.4, -0.2) is 34.0 Å². The second kappa shape index (κ2) is 7.18. The molecule has 0 bridgehead atoms. The summed E-state index contributed by atoms with van der Waals surface area (Å²) in [5.41, 5.74) is 5.22. The third-order valence-corrected chi connectivity index (χ3v) is 2.59. The Morgan fingerprint density at radius 1 is 1.30 bits per heavy atom. The molecule has 0 saturated carbocycles. The van der Waals surface area contributed by atoms with Crippen molar-refractivity contribution in [3.63, 3.8) is 0 Å². The third-order valence-electron chi connectivity index (χ3n) is 1.11. The SMILES string of the molecule is NCCCS(=O)CCCO. The number of aliphatic hydroxyl groups is 1. The van der Waals surface area contributed by atoms with Crippen molar-refractivity contribution in [2.45, 2.75) is 12.8 Å². The average Bonchev–Trinajstić information content (AvgIpc) is 1.97. The molecule has 0 radical (unpaired) electrons. The Labute approximate surface area is 64.1 Å². The smallest absolute Gasteiger partial charge is 0.0439 e. The zero-order valence-corrected chi connectivity index (χ0v) is 6.90. The van der Waals surface area contributed by atoms with Gasteiger partial charge in [-0.05, 0) is 19.4 Å². The second-order valence-corrected chi connectivity index (χ2v) is 3.76. The van der Waals surface area contributed by atoms with Crippen molar-refractivity contribution >= 4 is 10.8 Å². The quantitative estimate of drug-likeness (QED) is 0.556. The Hall–Kier alpha value is 0.0700. The normalized spacial score (nSPS) is 13.4. The van der Waals surface area contributed by atoms with Crippen LogP contribution in [0, 0.1) is 0 Å². The zero-order chi connectivity index (χ0) is 7.82. The number of aliphatic hydroxyl groups excluding tert-OH is 1. The molecule has 0 aromatic rings.